The average molecular weight is 2100 g/mol. The summed E-state index contributed by atoms with van der Waals surface area (Å²) in [5, 5.41) is 19.1. The Bertz CT molecular complexity index is 5100. The summed E-state index contributed by atoms with van der Waals surface area (Å²) in [6.45, 7) is 37.6. The fourth-order valence-corrected chi connectivity index (χ4v) is 15.2. The normalized spacial score (nSPS) is 20.4. The van der Waals surface area contributed by atoms with Gasteiger partial charge in [-0.1, -0.05) is 60.5 Å². The number of rotatable bonds is 7. The van der Waals surface area contributed by atoms with Crippen LogP contribution in [0.1, 0.15) is 254 Å². The van der Waals surface area contributed by atoms with Gasteiger partial charge in [0.15, 0.2) is 45.7 Å². The Balaban J connectivity index is 0.000000822. The zero-order chi connectivity index (χ0) is 106. The molecule has 0 saturated carbocycles. The van der Waals surface area contributed by atoms with E-state index in [1.165, 1.54) is 88.3 Å². The van der Waals surface area contributed by atoms with E-state index in [9.17, 15) is 91.0 Å². The molecule has 6 atom stereocenters. The third kappa shape index (κ3) is 44.7. The van der Waals surface area contributed by atoms with Crippen molar-refractivity contribution >= 4 is 112 Å². The number of nitrogens with zero attached hydrogens (tertiary/aromatic N) is 17. The maximum absolute atomic E-state index is 13.7. The molecule has 15 heterocycles. The molecule has 0 bridgehead atoms. The molecule has 8 N–H and O–H groups in total. The van der Waals surface area contributed by atoms with Gasteiger partial charge in [0.2, 0.25) is 0 Å². The minimum atomic E-state index is -2.92. The van der Waals surface area contributed by atoms with E-state index >= 15 is 0 Å². The van der Waals surface area contributed by atoms with Crippen molar-refractivity contribution in [1.29, 1.82) is 0 Å². The smallest absolute Gasteiger partial charge is 0.870 e. The number of halogens is 14. The largest absolute Gasteiger partial charge is 1.00 e. The van der Waals surface area contributed by atoms with Crippen molar-refractivity contribution in [3.05, 3.63) is 101 Å². The van der Waals surface area contributed by atoms with Crippen LogP contribution in [0.3, 0.4) is 0 Å². The van der Waals surface area contributed by atoms with Crippen molar-refractivity contribution in [3.63, 3.8) is 0 Å². The molecule has 0 radical (unpaired) electrons. The number of fused-ring (bicyclic) bond motifs is 4. The Morgan fingerprint density at radius 2 is 0.715 bits per heavy atom. The Labute approximate surface area is 855 Å². The molecule has 0 spiro atoms. The van der Waals surface area contributed by atoms with Crippen LogP contribution in [-0.4, -0.2) is 289 Å². The number of hydrogen-bond acceptors (Lipinski definition) is 29. The molecule has 2 amide bonds. The van der Waals surface area contributed by atoms with Crippen molar-refractivity contribution in [3.8, 4) is 0 Å². The van der Waals surface area contributed by atoms with E-state index in [0.717, 1.165) is 29.6 Å². The number of nitrogens with two attached hydrogens (primary N) is 2. The molecule has 51 heteroatoms. The van der Waals surface area contributed by atoms with Crippen LogP contribution < -0.4 is 50.3 Å². The van der Waals surface area contributed by atoms with Crippen LogP contribution in [0.15, 0.2) is 73.8 Å². The van der Waals surface area contributed by atoms with E-state index in [2.05, 4.69) is 50.4 Å². The van der Waals surface area contributed by atoms with E-state index in [-0.39, 0.29) is 161 Å². The maximum Gasteiger partial charge on any atom is 1.00 e. The molecule has 144 heavy (non-hydrogen) atoms. The first kappa shape index (κ1) is 130. The summed E-state index contributed by atoms with van der Waals surface area (Å²) in [7, 11) is 0. The number of amides is 2. The van der Waals surface area contributed by atoms with Crippen molar-refractivity contribution in [2.45, 2.75) is 281 Å². The molecule has 8 aromatic heterocycles. The van der Waals surface area contributed by atoms with Gasteiger partial charge in [0.25, 0.3) is 35.5 Å². The number of Topliss-reactive ketones (excluding diaryl/α,β-unsaturated/α-hetero) is 4. The summed E-state index contributed by atoms with van der Waals surface area (Å²) in [5.74, 6) is -16.0. The molecular formula is C93H141Cl2F12LiN20O16. The standard InChI is InChI=1S/2C14H16F2N4O.C13H15F2N5O.C11H19F2NO2.C10H18F2N2O2.C10H18O5.C8H6ClN3O.C6H11F2N.C4H8O.C2H6.CH4.ClH.Li.2H2O/c2*1-9-5-14(15,16)8-19(7-9)12-3-4-20-13(18-12)11(6-17-20)10(2)21;1-8(21)10-5-17-20-3-2-11(18-12(10)20)19-6-9(16)4-13(14,15)7-19;1-8-5-11(12,13)7-14(6-8)9(15)16-10(2,3)4;1-9(2,3)16-8(15)14-5-7(13)4-10(11,12)6-14;1-9(2,3)14-7(11)13-8(12)15-10(4,5)6;1-5(13)6-4-10-12-3-2-7(9)11-8(6)12;1-5-2-6(7,8)4-9-3-5;1-2-4-5-3-1;1-2;;;;;/h2*3-4,6,9H,5,7-8H2,1-2H3;2-3,5,9H,4,6-7,16H2,1H3;8H,5-7H2,1-4H3;7H,4-6,13H2,1-3H3;1-6H3;2-4H,1H3;5,9H,2-4H2,1H3;1-4H2;1-2H3;1H4;1H;;2*1H2/q;;;;;;;;;;;;+1;;/p-1/t3*9-;8-;7-;;;5-;;;;;;;/m11111..1......./s1/i;;;;;;;;;1D;;;;;. The van der Waals surface area contributed by atoms with Crippen LogP contribution in [0.4, 0.5) is 89.3 Å². The van der Waals surface area contributed by atoms with E-state index in [0.29, 0.717) is 101 Å². The fourth-order valence-electron chi connectivity index (χ4n) is 15.0. The Hall–Kier alpha value is -10.1. The van der Waals surface area contributed by atoms with Crippen LogP contribution in [0.5, 0.6) is 0 Å². The summed E-state index contributed by atoms with van der Waals surface area (Å²) in [4.78, 5) is 115. The topological polar surface area (TPSA) is 454 Å². The first-order valence-electron chi connectivity index (χ1n) is 45.9. The first-order valence-corrected chi connectivity index (χ1v) is 45.6. The molecular weight excluding hydrogens is 1960 g/mol. The van der Waals surface area contributed by atoms with Gasteiger partial charge in [-0.2, -0.15) is 20.4 Å². The van der Waals surface area contributed by atoms with E-state index < -0.39 is 114 Å². The minimum Gasteiger partial charge on any atom is -0.870 e. The molecule has 8 aromatic rings. The molecule has 0 aromatic carbocycles. The third-order valence-electron chi connectivity index (χ3n) is 20.2. The number of likely N-dealkylation sites (tertiary alicyclic amines) is 2. The molecule has 0 aliphatic carbocycles. The number of ether oxygens (including phenoxy) is 6. The molecule has 7 aliphatic rings. The molecule has 7 fully saturated rings. The van der Waals surface area contributed by atoms with Gasteiger partial charge in [-0.25, -0.2) is 110 Å². The number of hydrogen-bond donors (Lipinski definition) is 3. The number of ketones is 4. The van der Waals surface area contributed by atoms with Gasteiger partial charge in [0.05, 0.1) is 86.3 Å². The zero-order valence-electron chi connectivity index (χ0n) is 85.9. The first-order chi connectivity index (χ1) is 64.4. The maximum atomic E-state index is 13.7. The van der Waals surface area contributed by atoms with Crippen LogP contribution in [0, 0.1) is 23.7 Å². The number of anilines is 3. The monoisotopic (exact) mass is 2100 g/mol. The quantitative estimate of drug-likeness (QED) is 0.0254. The van der Waals surface area contributed by atoms with Crippen LogP contribution in [-0.2, 0) is 28.4 Å². The van der Waals surface area contributed by atoms with E-state index in [1.54, 1.807) is 170 Å². The Morgan fingerprint density at radius 3 is 0.986 bits per heavy atom. The fraction of sp³-hybridized carbons (Fsp3) is 0.656. The molecule has 7 aliphatic heterocycles. The van der Waals surface area contributed by atoms with Crippen LogP contribution in [0.2, 0.25) is 5.15 Å². The number of nitrogens with one attached hydrogen (secondary N) is 1. The van der Waals surface area contributed by atoms with Gasteiger partial charge in [0, 0.05) is 123 Å². The number of aromatic nitrogens is 12. The Morgan fingerprint density at radius 1 is 0.438 bits per heavy atom. The number of piperidine rings is 6. The predicted octanol–water partition coefficient (Wildman–Crippen LogP) is 15.0. The van der Waals surface area contributed by atoms with Crippen molar-refractivity contribution < 1.29 is 151 Å². The molecule has 7 saturated heterocycles. The molecule has 808 valence electrons. The van der Waals surface area contributed by atoms with E-state index in [4.69, 9.17) is 48.1 Å². The summed E-state index contributed by atoms with van der Waals surface area (Å²) < 4.78 is 201. The average Bonchev–Trinajstić information content (AvgIpc) is 1.67. The minimum absolute atomic E-state index is 0. The van der Waals surface area contributed by atoms with Gasteiger partial charge in [-0.15, -0.1) is 12.4 Å². The second kappa shape index (κ2) is 55.6. The SMILES string of the molecule is C.C1CCOC1.CC(=O)c1cnn2ccc(Cl)nc12.CC(=O)c1cnn2ccc(N3C[C@H](C)CC(F)(F)C3)nc12.CC(=O)c1cnn2ccc(N3C[C@H](C)CC(F)(F)C3)nc12.CC(=O)c1cnn2ccc(N3C[C@H](N)CC(F)(F)C3)nc12.CC(C)(C)OC(=O)N1C[C@H](N)CC(F)(F)C1.CC(C)(C)OC(=O)OC(=O)OC(C)(C)C.C[C@H]1CN(C(=O)OC(C)(C)C)CC(F)(F)C1.C[C@H]1CNCC(F)(F)C1.Cl.O.[2H]CC.[Li+].[OH-]. The van der Waals surface area contributed by atoms with Gasteiger partial charge >= 0.3 is 43.4 Å². The summed E-state index contributed by atoms with van der Waals surface area (Å²) >= 11 is 5.69. The zero-order valence-corrected chi connectivity index (χ0v) is 86.5. The van der Waals surface area contributed by atoms with Crippen molar-refractivity contribution in [2.24, 2.45) is 35.1 Å². The summed E-state index contributed by atoms with van der Waals surface area (Å²) in [5.41, 5.74) is 11.8. The summed E-state index contributed by atoms with van der Waals surface area (Å²) in [6, 6.07) is 5.21. The number of carbonyl (C=O) groups excluding carboxylic acids is 8. The van der Waals surface area contributed by atoms with Crippen molar-refractivity contribution in [1.82, 2.24) is 73.5 Å². The number of alkyl halides is 12. The van der Waals surface area contributed by atoms with Crippen LogP contribution >= 0.6 is 24.0 Å². The van der Waals surface area contributed by atoms with Gasteiger partial charge in [0.1, 0.15) is 45.0 Å². The molecule has 0 unspecified atom stereocenters. The van der Waals surface area contributed by atoms with Crippen molar-refractivity contribution in [2.75, 3.05) is 106 Å². The predicted molar refractivity (Wildman–Crippen MR) is 517 cm³/mol. The summed E-state index contributed by atoms with van der Waals surface area (Å²) in [6.07, 6.45) is 10.4. The molecule has 15 rings (SSSR count). The third-order valence-corrected chi connectivity index (χ3v) is 20.4. The second-order valence-corrected chi connectivity index (χ2v) is 39.7. The van der Waals surface area contributed by atoms with Gasteiger partial charge in [-0.05, 0) is 178 Å². The van der Waals surface area contributed by atoms with Crippen LogP contribution in [0.25, 0.3) is 22.6 Å². The molecule has 36 nitrogen and oxygen atoms in total. The second-order valence-electron chi connectivity index (χ2n) is 39.3. The van der Waals surface area contributed by atoms with Gasteiger partial charge < -0.3 is 80.7 Å². The Kier molecular flexibility index (Phi) is 50.2. The van der Waals surface area contributed by atoms with E-state index in [1.807, 2.05) is 6.92 Å². The van der Waals surface area contributed by atoms with Gasteiger partial charge in [-0.3, -0.25) is 19.2 Å². The number of carbonyl (C=O) groups is 8.